The van der Waals surface area contributed by atoms with Crippen molar-refractivity contribution >= 4 is 40.5 Å². The average molecular weight is 1980 g/mol. The predicted molar refractivity (Wildman–Crippen MR) is 532 cm³/mol. The number of hydrogen-bond acceptors (Lipinski definition) is 29. The van der Waals surface area contributed by atoms with Gasteiger partial charge < -0.3 is 35.7 Å². The van der Waals surface area contributed by atoms with E-state index in [1.807, 2.05) is 72.7 Å². The standard InChI is InChI=1S/C17H19FN2O2.C17H20N2O2.C16H16F2N2O2.2C16H17FN2O2.C16H16N2O2.C13H13N3O2/c1-11-6-13(18)4-5-14(11)17(2,3)7-16-19-8-12(9-20-16)15(22)10-21;1-12-4-6-14(7-5-12)17(2,3)8-16-18-9-13(10-19-16)15(21)11-20;1-16(2,12-4-3-11(17)5-13(12)18)6-15-19-7-10(8-20-15)14(22)9-21;1-16(2,12-4-3-5-13(17)6-12)7-15-18-8-11(9-19-15)14(21)10-20;1-16(2,12-5-3-4-6-13(12)17)7-15-18-8-11(9-19-15)14(21)10-20;19-11-14(20)12-9-17-15(18-10-12)8-16(6-7-16)13-4-2-1-3-5-13;17-9-12(18)11-7-15-13(16-8-11)2-1-10-3-5-14-6-4-10/h4-6,8-9,21H,7,10H2,1-3H3;4-7,9-10,20H,8,11H2,1-3H3;3-5,7-8,21H,6,9H2,1-2H3;2*3-6,8-9,20H,7,10H2,1-2H3;1-5,9-10,19H,6-8,11H2;3-8,17H,1-2,9H2. The first-order valence-corrected chi connectivity index (χ1v) is 46.4. The Morgan fingerprint density at radius 1 is 0.290 bits per heavy atom. The van der Waals surface area contributed by atoms with E-state index in [4.69, 9.17) is 35.7 Å². The van der Waals surface area contributed by atoms with Crippen LogP contribution in [0.15, 0.2) is 251 Å². The summed E-state index contributed by atoms with van der Waals surface area (Å²) in [6.07, 6.45) is 30.6. The Balaban J connectivity index is 0.000000188. The van der Waals surface area contributed by atoms with E-state index in [1.165, 1.54) is 151 Å². The van der Waals surface area contributed by atoms with Crippen LogP contribution in [-0.4, -0.2) is 197 Å². The van der Waals surface area contributed by atoms with Gasteiger partial charge in [0.15, 0.2) is 40.5 Å². The Labute approximate surface area is 837 Å². The molecule has 1 aliphatic carbocycles. The van der Waals surface area contributed by atoms with Crippen molar-refractivity contribution in [1.29, 1.82) is 0 Å². The lowest BCUT2D eigenvalue weighted by atomic mass is 9.79. The fourth-order valence-corrected chi connectivity index (χ4v) is 15.2. The molecule has 34 heteroatoms. The van der Waals surface area contributed by atoms with Crippen LogP contribution in [0.5, 0.6) is 0 Å². The van der Waals surface area contributed by atoms with Crippen LogP contribution >= 0.6 is 0 Å². The summed E-state index contributed by atoms with van der Waals surface area (Å²) in [4.78, 5) is 141. The minimum atomic E-state index is -0.639. The molecule has 7 N–H and O–H groups in total. The van der Waals surface area contributed by atoms with Crippen LogP contribution in [0, 0.1) is 42.9 Å². The first-order valence-electron chi connectivity index (χ1n) is 46.4. The van der Waals surface area contributed by atoms with Crippen molar-refractivity contribution in [1.82, 2.24) is 74.8 Å². The molecular weight excluding hydrogens is 1860 g/mol. The third-order valence-corrected chi connectivity index (χ3v) is 23.9. The highest BCUT2D eigenvalue weighted by Crippen LogP contribution is 2.50. The van der Waals surface area contributed by atoms with Gasteiger partial charge >= 0.3 is 0 Å². The van der Waals surface area contributed by atoms with Crippen LogP contribution in [0.3, 0.4) is 0 Å². The zero-order chi connectivity index (χ0) is 106. The van der Waals surface area contributed by atoms with Crippen molar-refractivity contribution in [3.8, 4) is 0 Å². The van der Waals surface area contributed by atoms with Gasteiger partial charge in [-0.05, 0) is 153 Å². The molecule has 0 saturated heterocycles. The topological polar surface area (TPSA) is 454 Å². The van der Waals surface area contributed by atoms with Gasteiger partial charge in [-0.25, -0.2) is 91.7 Å². The van der Waals surface area contributed by atoms with Gasteiger partial charge in [-0.3, -0.25) is 38.5 Å². The maximum Gasteiger partial charge on any atom is 0.191 e. The molecule has 145 heavy (non-hydrogen) atoms. The Morgan fingerprint density at radius 3 is 0.945 bits per heavy atom. The molecule has 6 aromatic carbocycles. The highest BCUT2D eigenvalue weighted by atomic mass is 19.1. The number of carbonyl (C=O) groups is 7. The first kappa shape index (κ1) is 114. The van der Waals surface area contributed by atoms with Crippen LogP contribution in [0.25, 0.3) is 0 Å². The van der Waals surface area contributed by atoms with E-state index < -0.39 is 91.8 Å². The number of aliphatic hydroxyl groups excluding tert-OH is 7. The normalized spacial score (nSPS) is 11.9. The number of ketones is 7. The number of carbonyl (C=O) groups excluding carboxylic acids is 7. The summed E-state index contributed by atoms with van der Waals surface area (Å²) >= 11 is 0. The molecule has 0 radical (unpaired) electrons. The van der Waals surface area contributed by atoms with E-state index >= 15 is 0 Å². The van der Waals surface area contributed by atoms with E-state index in [2.05, 4.69) is 144 Å². The average Bonchev–Trinajstić information content (AvgIpc) is 1.61. The van der Waals surface area contributed by atoms with Crippen molar-refractivity contribution < 1.29 is 91.3 Å². The number of rotatable bonds is 35. The number of aliphatic hydroxyl groups is 7. The quantitative estimate of drug-likeness (QED) is 0.0143. The summed E-state index contributed by atoms with van der Waals surface area (Å²) in [6, 6.07) is 44.1. The molecule has 0 aliphatic heterocycles. The number of hydrogen-bond donors (Lipinski definition) is 7. The van der Waals surface area contributed by atoms with Gasteiger partial charge in [0.2, 0.25) is 0 Å². The molecule has 0 spiro atoms. The molecule has 29 nitrogen and oxygen atoms in total. The Morgan fingerprint density at radius 2 is 0.600 bits per heavy atom. The summed E-state index contributed by atoms with van der Waals surface area (Å²) in [5, 5.41) is 61.4. The second kappa shape index (κ2) is 53.4. The van der Waals surface area contributed by atoms with E-state index in [-0.39, 0.29) is 73.2 Å². The second-order valence-corrected chi connectivity index (χ2v) is 37.7. The van der Waals surface area contributed by atoms with Gasteiger partial charge in [-0.15, -0.1) is 0 Å². The molecule has 14 aromatic rings. The number of nitrogens with zero attached hydrogens (tertiary/aromatic N) is 15. The minimum Gasteiger partial charge on any atom is -0.388 e. The van der Waals surface area contributed by atoms with Gasteiger partial charge in [0, 0.05) is 156 Å². The summed E-state index contributed by atoms with van der Waals surface area (Å²) in [5.74, 6) is -0.537. The summed E-state index contributed by atoms with van der Waals surface area (Å²) in [7, 11) is 0. The van der Waals surface area contributed by atoms with Crippen molar-refractivity contribution in [3.05, 3.63) is 410 Å². The Kier molecular flexibility index (Phi) is 41.9. The molecule has 0 unspecified atom stereocenters. The number of benzene rings is 6. The van der Waals surface area contributed by atoms with Gasteiger partial charge in [0.25, 0.3) is 0 Å². The molecule has 1 fully saturated rings. The number of halogens is 5. The first-order chi connectivity index (χ1) is 69.0. The van der Waals surface area contributed by atoms with Gasteiger partial charge in [-0.1, -0.05) is 172 Å². The van der Waals surface area contributed by atoms with Gasteiger partial charge in [-0.2, -0.15) is 0 Å². The molecule has 1 aliphatic rings. The van der Waals surface area contributed by atoms with Crippen molar-refractivity contribution in [2.45, 2.75) is 180 Å². The maximum atomic E-state index is 13.9. The second-order valence-electron chi connectivity index (χ2n) is 37.7. The highest BCUT2D eigenvalue weighted by molar-refractivity contribution is 5.99. The number of aryl methyl sites for hydroxylation is 4. The fourth-order valence-electron chi connectivity index (χ4n) is 15.2. The SMILES string of the molecule is CC(C)(Cc1ncc(C(=O)CO)cn1)c1ccc(F)cc1F.CC(C)(Cc1ncc(C(=O)CO)cn1)c1cccc(F)c1.CC(C)(Cc1ncc(C(=O)CO)cn1)c1ccccc1F.Cc1cc(F)ccc1C(C)(C)Cc1ncc(C(=O)CO)cn1.Cc1ccc(C(C)(C)Cc2ncc(C(=O)CO)cn2)cc1.O=C(CO)c1cnc(CC2(c3ccccc3)CC2)nc1.O=C(CO)c1cnc(CCc2ccncc2)nc1. The molecule has 1 saturated carbocycles. The van der Waals surface area contributed by atoms with E-state index in [0.29, 0.717) is 107 Å². The van der Waals surface area contributed by atoms with Crippen molar-refractivity contribution in [2.75, 3.05) is 46.2 Å². The molecular formula is C111H118F5N15O14. The van der Waals surface area contributed by atoms with E-state index in [0.717, 1.165) is 54.3 Å². The lowest BCUT2D eigenvalue weighted by Crippen LogP contribution is -2.23. The minimum absolute atomic E-state index is 0.0871. The molecule has 8 aromatic heterocycles. The summed E-state index contributed by atoms with van der Waals surface area (Å²) in [5.41, 5.74) is 9.21. The third-order valence-electron chi connectivity index (χ3n) is 23.9. The third kappa shape index (κ3) is 34.4. The van der Waals surface area contributed by atoms with Gasteiger partial charge in [0.05, 0.1) is 38.9 Å². The monoisotopic (exact) mass is 1980 g/mol. The van der Waals surface area contributed by atoms with Crippen molar-refractivity contribution in [2.24, 2.45) is 0 Å². The summed E-state index contributed by atoms with van der Waals surface area (Å²) < 4.78 is 67.4. The zero-order valence-corrected chi connectivity index (χ0v) is 82.8. The highest BCUT2D eigenvalue weighted by Gasteiger charge is 2.45. The lowest BCUT2D eigenvalue weighted by Gasteiger charge is -2.26. The molecule has 0 atom stereocenters. The van der Waals surface area contributed by atoms with Crippen LogP contribution in [0.1, 0.15) is 245 Å². The Bertz CT molecular complexity index is 6500. The van der Waals surface area contributed by atoms with E-state index in [9.17, 15) is 55.5 Å². The number of aromatic nitrogens is 15. The van der Waals surface area contributed by atoms with Crippen LogP contribution in [0.4, 0.5) is 22.0 Å². The Hall–Kier alpha value is -14.9. The molecule has 756 valence electrons. The zero-order valence-electron chi connectivity index (χ0n) is 82.8. The van der Waals surface area contributed by atoms with Crippen LogP contribution < -0.4 is 0 Å². The fraction of sp³-hybridized carbons (Fsp3) is 0.315. The molecule has 8 heterocycles. The maximum absolute atomic E-state index is 13.9. The lowest BCUT2D eigenvalue weighted by molar-refractivity contribution is 0.0897. The largest absolute Gasteiger partial charge is 0.388 e. The molecule has 15 rings (SSSR count). The van der Waals surface area contributed by atoms with Crippen LogP contribution in [-0.2, 0) is 83.9 Å². The number of pyridine rings is 1. The van der Waals surface area contributed by atoms with Gasteiger partial charge in [0.1, 0.15) is 116 Å². The number of Topliss-reactive ketones (excluding diaryl/α,β-unsaturated/α-hetero) is 7. The molecule has 0 amide bonds. The molecule has 0 bridgehead atoms. The smallest absolute Gasteiger partial charge is 0.191 e. The van der Waals surface area contributed by atoms with Crippen LogP contribution in [0.2, 0.25) is 0 Å². The van der Waals surface area contributed by atoms with E-state index in [1.54, 1.807) is 56.6 Å². The van der Waals surface area contributed by atoms with Crippen molar-refractivity contribution in [3.63, 3.8) is 0 Å². The predicted octanol–water partition coefficient (Wildman–Crippen LogP) is 14.9. The summed E-state index contributed by atoms with van der Waals surface area (Å²) in [6.45, 7) is 19.9.